The van der Waals surface area contributed by atoms with Gasteiger partial charge in [-0.1, -0.05) is 30.3 Å². The number of piperazine rings is 1. The van der Waals surface area contributed by atoms with E-state index in [-0.39, 0.29) is 11.7 Å². The van der Waals surface area contributed by atoms with Crippen LogP contribution < -0.4 is 9.64 Å². The predicted octanol–water partition coefficient (Wildman–Crippen LogP) is 2.12. The lowest BCUT2D eigenvalue weighted by atomic mass is 10.0. The van der Waals surface area contributed by atoms with Crippen LogP contribution in [-0.4, -0.2) is 69.9 Å². The number of hydrogen-bond acceptors (Lipinski definition) is 5. The smallest absolute Gasteiger partial charge is 0.242 e. The Morgan fingerprint density at radius 1 is 1.00 bits per heavy atom. The Labute approximate surface area is 184 Å². The zero-order valence-corrected chi connectivity index (χ0v) is 18.7. The lowest BCUT2D eigenvalue weighted by Gasteiger charge is -2.37. The number of carbonyl (C=O) groups is 1. The molecule has 0 N–H and O–H groups in total. The van der Waals surface area contributed by atoms with Gasteiger partial charge in [-0.25, -0.2) is 8.42 Å². The van der Waals surface area contributed by atoms with Crippen LogP contribution in [0.25, 0.3) is 0 Å². The summed E-state index contributed by atoms with van der Waals surface area (Å²) in [5, 5.41) is 0. The average molecular weight is 444 g/mol. The quantitative estimate of drug-likeness (QED) is 0.684. The summed E-state index contributed by atoms with van der Waals surface area (Å²) in [6, 6.07) is 15.2. The second-order valence-corrected chi connectivity index (χ2v) is 10.0. The Kier molecular flexibility index (Phi) is 6.48. The first-order valence-corrected chi connectivity index (χ1v) is 12.3. The van der Waals surface area contributed by atoms with Gasteiger partial charge in [-0.05, 0) is 42.2 Å². The van der Waals surface area contributed by atoms with Crippen molar-refractivity contribution >= 4 is 21.6 Å². The summed E-state index contributed by atoms with van der Waals surface area (Å²) < 4.78 is 32.3. The normalized spacial score (nSPS) is 17.3. The molecule has 166 valence electrons. The van der Waals surface area contributed by atoms with Gasteiger partial charge in [0.05, 0.1) is 19.4 Å². The number of ether oxygens (including phenoxy) is 1. The van der Waals surface area contributed by atoms with E-state index in [9.17, 15) is 13.2 Å². The molecule has 2 aromatic carbocycles. The number of aryl methyl sites for hydroxylation is 1. The molecule has 1 amide bonds. The minimum Gasteiger partial charge on any atom is -0.497 e. The molecule has 0 unspecified atom stereocenters. The Balaban J connectivity index is 1.34. The molecule has 0 aliphatic carbocycles. The van der Waals surface area contributed by atoms with Crippen molar-refractivity contribution in [3.05, 3.63) is 59.7 Å². The molecule has 8 heteroatoms. The first-order chi connectivity index (χ1) is 15.0. The number of nitrogens with zero attached hydrogens (tertiary/aromatic N) is 3. The number of anilines is 1. The van der Waals surface area contributed by atoms with E-state index in [2.05, 4.69) is 4.90 Å². The van der Waals surface area contributed by atoms with E-state index < -0.39 is 10.0 Å². The summed E-state index contributed by atoms with van der Waals surface area (Å²) in [7, 11) is -1.73. The molecule has 0 bridgehead atoms. The lowest BCUT2D eigenvalue weighted by molar-refractivity contribution is -0.130. The van der Waals surface area contributed by atoms with Crippen molar-refractivity contribution in [2.75, 3.05) is 51.3 Å². The van der Waals surface area contributed by atoms with Crippen LogP contribution in [0.2, 0.25) is 0 Å². The first kappa shape index (κ1) is 21.6. The van der Waals surface area contributed by atoms with E-state index in [4.69, 9.17) is 4.74 Å². The molecule has 1 saturated heterocycles. The third kappa shape index (κ3) is 5.02. The van der Waals surface area contributed by atoms with Crippen molar-refractivity contribution < 1.29 is 17.9 Å². The van der Waals surface area contributed by atoms with Crippen molar-refractivity contribution in [3.8, 4) is 5.75 Å². The zero-order valence-electron chi connectivity index (χ0n) is 17.9. The van der Waals surface area contributed by atoms with Crippen LogP contribution in [0.1, 0.15) is 17.5 Å². The number of methoxy groups -OCH3 is 1. The first-order valence-electron chi connectivity index (χ1n) is 10.7. The van der Waals surface area contributed by atoms with Crippen LogP contribution in [0.3, 0.4) is 0 Å². The van der Waals surface area contributed by atoms with Gasteiger partial charge in [0, 0.05) is 38.4 Å². The van der Waals surface area contributed by atoms with Gasteiger partial charge in [0.2, 0.25) is 15.9 Å². The second-order valence-electron chi connectivity index (χ2n) is 8.04. The number of sulfonamides is 1. The minimum atomic E-state index is -3.39. The fourth-order valence-corrected chi connectivity index (χ4v) is 5.81. The molecule has 7 nitrogen and oxygen atoms in total. The van der Waals surface area contributed by atoms with Gasteiger partial charge in [0.15, 0.2) is 0 Å². The van der Waals surface area contributed by atoms with Gasteiger partial charge in [0.25, 0.3) is 0 Å². The second kappa shape index (κ2) is 9.28. The average Bonchev–Trinajstić information content (AvgIpc) is 2.79. The highest BCUT2D eigenvalue weighted by Gasteiger charge is 2.30. The van der Waals surface area contributed by atoms with Crippen LogP contribution in [-0.2, 0) is 27.0 Å². The maximum atomic E-state index is 12.9. The van der Waals surface area contributed by atoms with Crippen LogP contribution in [0.4, 0.5) is 5.69 Å². The van der Waals surface area contributed by atoms with Crippen molar-refractivity contribution in [2.45, 2.75) is 18.6 Å². The molecule has 2 aliphatic heterocycles. The summed E-state index contributed by atoms with van der Waals surface area (Å²) in [5.74, 6) is 0.874. The Morgan fingerprint density at radius 2 is 1.74 bits per heavy atom. The highest BCUT2D eigenvalue weighted by molar-refractivity contribution is 7.88. The largest absolute Gasteiger partial charge is 0.497 e. The Morgan fingerprint density at radius 3 is 2.45 bits per heavy atom. The zero-order chi connectivity index (χ0) is 21.8. The van der Waals surface area contributed by atoms with Gasteiger partial charge in [0.1, 0.15) is 5.75 Å². The van der Waals surface area contributed by atoms with Crippen LogP contribution in [0.15, 0.2) is 48.5 Å². The molecular formula is C23H29N3O4S. The van der Waals surface area contributed by atoms with E-state index >= 15 is 0 Å². The molecule has 0 aromatic heterocycles. The molecule has 0 radical (unpaired) electrons. The predicted molar refractivity (Wildman–Crippen MR) is 121 cm³/mol. The van der Waals surface area contributed by atoms with Gasteiger partial charge >= 0.3 is 0 Å². The van der Waals surface area contributed by atoms with Gasteiger partial charge < -0.3 is 14.5 Å². The molecule has 2 aliphatic rings. The number of carbonyl (C=O) groups excluding carboxylic acids is 1. The van der Waals surface area contributed by atoms with Crippen molar-refractivity contribution in [3.63, 3.8) is 0 Å². The van der Waals surface area contributed by atoms with Crippen molar-refractivity contribution in [1.29, 1.82) is 0 Å². The number of hydrogen-bond donors (Lipinski definition) is 0. The lowest BCUT2D eigenvalue weighted by Crippen LogP contribution is -2.53. The fourth-order valence-electron chi connectivity index (χ4n) is 4.30. The molecular weight excluding hydrogens is 414 g/mol. The van der Waals surface area contributed by atoms with E-state index in [1.165, 1.54) is 9.87 Å². The SMILES string of the molecule is COc1ccc2c(c1)CCCN2CC(=O)N1CCN(S(=O)(=O)Cc2ccccc2)CC1. The monoisotopic (exact) mass is 443 g/mol. The van der Waals surface area contributed by atoms with Crippen molar-refractivity contribution in [2.24, 2.45) is 0 Å². The molecule has 2 aromatic rings. The molecule has 0 saturated carbocycles. The van der Waals surface area contributed by atoms with E-state index in [0.29, 0.717) is 32.7 Å². The minimum absolute atomic E-state index is 0.00416. The third-order valence-corrected chi connectivity index (χ3v) is 7.85. The maximum absolute atomic E-state index is 12.9. The number of benzene rings is 2. The molecule has 31 heavy (non-hydrogen) atoms. The maximum Gasteiger partial charge on any atom is 0.242 e. The molecule has 0 spiro atoms. The Bertz CT molecular complexity index is 1020. The summed E-state index contributed by atoms with van der Waals surface area (Å²) >= 11 is 0. The number of rotatable bonds is 6. The van der Waals surface area contributed by atoms with Crippen molar-refractivity contribution in [1.82, 2.24) is 9.21 Å². The Hall–Kier alpha value is -2.58. The van der Waals surface area contributed by atoms with E-state index in [0.717, 1.165) is 36.4 Å². The van der Waals surface area contributed by atoms with Crippen LogP contribution in [0, 0.1) is 0 Å². The van der Waals surface area contributed by atoms with E-state index in [1.54, 1.807) is 12.0 Å². The van der Waals surface area contributed by atoms with Gasteiger partial charge in [-0.3, -0.25) is 4.79 Å². The molecule has 0 atom stereocenters. The molecule has 2 heterocycles. The topological polar surface area (TPSA) is 70.2 Å². The van der Waals surface area contributed by atoms with Crippen LogP contribution >= 0.6 is 0 Å². The number of amides is 1. The fraction of sp³-hybridized carbons (Fsp3) is 0.435. The van der Waals surface area contributed by atoms with Gasteiger partial charge in [-0.2, -0.15) is 4.31 Å². The summed E-state index contributed by atoms with van der Waals surface area (Å²) in [6.07, 6.45) is 1.98. The van der Waals surface area contributed by atoms with E-state index in [1.807, 2.05) is 48.5 Å². The molecule has 1 fully saturated rings. The summed E-state index contributed by atoms with van der Waals surface area (Å²) in [5.41, 5.74) is 3.07. The summed E-state index contributed by atoms with van der Waals surface area (Å²) in [4.78, 5) is 16.8. The highest BCUT2D eigenvalue weighted by Crippen LogP contribution is 2.30. The van der Waals surface area contributed by atoms with Crippen LogP contribution in [0.5, 0.6) is 5.75 Å². The summed E-state index contributed by atoms with van der Waals surface area (Å²) in [6.45, 7) is 2.70. The molecule has 4 rings (SSSR count). The third-order valence-electron chi connectivity index (χ3n) is 6.00. The van der Waals surface area contributed by atoms with Gasteiger partial charge in [-0.15, -0.1) is 0 Å². The highest BCUT2D eigenvalue weighted by atomic mass is 32.2. The number of fused-ring (bicyclic) bond motifs is 1. The standard InChI is InChI=1S/C23H29N3O4S/c1-30-21-9-10-22-20(16-21)8-5-11-25(22)17-23(27)24-12-14-26(15-13-24)31(28,29)18-19-6-3-2-4-7-19/h2-4,6-7,9-10,16H,5,8,11-15,17-18H2,1H3.